The molecule has 2 heterocycles. The van der Waals surface area contributed by atoms with E-state index in [0.717, 1.165) is 17.7 Å². The largest absolute Gasteiger partial charge is 0.462 e. The van der Waals surface area contributed by atoms with Gasteiger partial charge in [-0.1, -0.05) is 29.8 Å². The van der Waals surface area contributed by atoms with Gasteiger partial charge in [0.2, 0.25) is 0 Å². The van der Waals surface area contributed by atoms with Gasteiger partial charge < -0.3 is 23.6 Å². The zero-order valence-electron chi connectivity index (χ0n) is 21.3. The van der Waals surface area contributed by atoms with Gasteiger partial charge in [0.05, 0.1) is 12.7 Å². The summed E-state index contributed by atoms with van der Waals surface area (Å²) >= 11 is 11.7. The van der Waals surface area contributed by atoms with E-state index in [4.69, 9.17) is 41.9 Å². The first-order chi connectivity index (χ1) is 17.6. The summed E-state index contributed by atoms with van der Waals surface area (Å²) in [6.07, 6.45) is -2.71. The molecular weight excluding hydrogens is 564 g/mol. The number of aryl methyl sites for hydroxylation is 1. The molecule has 3 N–H and O–H groups in total. The quantitative estimate of drug-likeness (QED) is 0.214. The number of ether oxygens (including phenoxy) is 2. The van der Waals surface area contributed by atoms with E-state index in [1.807, 2.05) is 0 Å². The Hall–Kier alpha value is -2.12. The highest BCUT2D eigenvalue weighted by Gasteiger charge is 2.65. The van der Waals surface area contributed by atoms with Crippen molar-refractivity contribution in [3.05, 3.63) is 62.9 Å². The van der Waals surface area contributed by atoms with Crippen LogP contribution in [0.4, 0.5) is 4.39 Å². The molecule has 0 aliphatic carbocycles. The fraction of sp³-hybridized carbons (Fsp3) is 0.522. The van der Waals surface area contributed by atoms with Crippen molar-refractivity contribution in [3.63, 3.8) is 0 Å². The molecule has 1 saturated heterocycles. The van der Waals surface area contributed by atoms with Gasteiger partial charge in [0, 0.05) is 11.8 Å². The molecule has 210 valence electrons. The fourth-order valence-electron chi connectivity index (χ4n) is 3.68. The monoisotopic (exact) mass is 593 g/mol. The number of carbonyl (C=O) groups is 1. The number of esters is 1. The molecule has 1 aromatic heterocycles. The normalized spacial score (nSPS) is 27.6. The fourth-order valence-corrected chi connectivity index (χ4v) is 6.37. The third kappa shape index (κ3) is 6.36. The zero-order valence-corrected chi connectivity index (χ0v) is 23.8. The lowest BCUT2D eigenvalue weighted by molar-refractivity contribution is -0.149. The van der Waals surface area contributed by atoms with Gasteiger partial charge in [-0.2, -0.15) is 0 Å². The summed E-state index contributed by atoms with van der Waals surface area (Å²) in [6.45, 7) is 3.38. The van der Waals surface area contributed by atoms with Crippen molar-refractivity contribution < 1.29 is 32.8 Å². The molecule has 0 saturated carbocycles. The summed E-state index contributed by atoms with van der Waals surface area (Å²) in [4.78, 5) is 38.7. The molecule has 1 aromatic carbocycles. The lowest BCUT2D eigenvalue weighted by Gasteiger charge is -2.33. The Morgan fingerprint density at radius 1 is 1.34 bits per heavy atom. The van der Waals surface area contributed by atoms with Gasteiger partial charge in [0.25, 0.3) is 10.7 Å². The molecule has 3 rings (SSSR count). The summed E-state index contributed by atoms with van der Waals surface area (Å²) in [6, 6.07) is 7.47. The van der Waals surface area contributed by atoms with Gasteiger partial charge in [-0.3, -0.25) is 19.1 Å². The van der Waals surface area contributed by atoms with Crippen LogP contribution < -0.4 is 20.9 Å². The number of para-hydroxylation sites is 1. The third-order valence-electron chi connectivity index (χ3n) is 5.74. The van der Waals surface area contributed by atoms with E-state index in [9.17, 15) is 19.5 Å². The van der Waals surface area contributed by atoms with Crippen LogP contribution in [0.2, 0.25) is 0 Å². The van der Waals surface area contributed by atoms with E-state index < -0.39 is 59.6 Å². The average molecular weight is 594 g/mol. The van der Waals surface area contributed by atoms with Crippen LogP contribution in [-0.4, -0.2) is 56.7 Å². The summed E-state index contributed by atoms with van der Waals surface area (Å²) in [7, 11) is 0. The number of benzene rings is 1. The average Bonchev–Trinajstić information content (AvgIpc) is 3.00. The van der Waals surface area contributed by atoms with Crippen molar-refractivity contribution in [2.45, 2.75) is 69.8 Å². The van der Waals surface area contributed by atoms with Gasteiger partial charge in [-0.15, -0.1) is 0 Å². The standard InChI is InChI=1S/C23H30ClFN3O8PS/c1-13(2)34-20(31)15(4)27-37(38,36-16-9-7-6-8-10-16)33-12-17-18(29)23(24,25)22(5,35-17)28-11-14(3)19(30)26-21(28)32/h6-11,13,15,17-18,29H,12H2,1-5H3,(H,27,38)(H,26,30,32). The Balaban J connectivity index is 1.87. The summed E-state index contributed by atoms with van der Waals surface area (Å²) < 4.78 is 39.2. The maximum Gasteiger partial charge on any atom is 0.330 e. The van der Waals surface area contributed by atoms with Gasteiger partial charge in [0.1, 0.15) is 24.0 Å². The van der Waals surface area contributed by atoms with E-state index >= 15 is 4.39 Å². The molecule has 2 aromatic rings. The number of H-pyrrole nitrogens is 1. The number of halogens is 2. The molecule has 6 atom stereocenters. The number of carbonyl (C=O) groups excluding carboxylic acids is 1. The lowest BCUT2D eigenvalue weighted by atomic mass is 10.0. The Morgan fingerprint density at radius 3 is 2.58 bits per heavy atom. The van der Waals surface area contributed by atoms with Gasteiger partial charge in [-0.05, 0) is 58.6 Å². The number of aliphatic hydroxyl groups excluding tert-OH is 1. The number of aromatic nitrogens is 2. The van der Waals surface area contributed by atoms with E-state index in [1.54, 1.807) is 44.2 Å². The van der Waals surface area contributed by atoms with Crippen LogP contribution in [0, 0.1) is 6.92 Å². The van der Waals surface area contributed by atoms with Crippen molar-refractivity contribution in [3.8, 4) is 5.75 Å². The van der Waals surface area contributed by atoms with Crippen molar-refractivity contribution in [2.24, 2.45) is 0 Å². The molecule has 15 heteroatoms. The second-order valence-corrected chi connectivity index (χ2v) is 12.9. The topological polar surface area (TPSA) is 141 Å². The Bertz CT molecular complexity index is 1320. The molecule has 1 aliphatic rings. The van der Waals surface area contributed by atoms with E-state index in [0.29, 0.717) is 5.75 Å². The zero-order chi connectivity index (χ0) is 28.5. The van der Waals surface area contributed by atoms with Crippen LogP contribution in [0.1, 0.15) is 33.3 Å². The van der Waals surface area contributed by atoms with Crippen LogP contribution in [0.15, 0.2) is 46.1 Å². The Morgan fingerprint density at radius 2 is 1.97 bits per heavy atom. The predicted molar refractivity (Wildman–Crippen MR) is 141 cm³/mol. The molecule has 0 spiro atoms. The second-order valence-electron chi connectivity index (χ2n) is 9.18. The summed E-state index contributed by atoms with van der Waals surface area (Å²) in [5.74, 6) is -0.270. The minimum absolute atomic E-state index is 0.0920. The number of nitrogens with zero attached hydrogens (tertiary/aromatic N) is 1. The Labute approximate surface area is 228 Å². The molecular formula is C23H30ClFN3O8PS. The SMILES string of the molecule is Cc1cn(C2(C)OC(COP(=S)(NC(C)C(=O)OC(C)C)Oc3ccccc3)C(O)C2(F)Cl)c(=O)[nH]c1=O. The first kappa shape index (κ1) is 30.4. The van der Waals surface area contributed by atoms with Crippen LogP contribution in [-0.2, 0) is 36.3 Å². The molecule has 38 heavy (non-hydrogen) atoms. The maximum atomic E-state index is 15.8. The van der Waals surface area contributed by atoms with Crippen LogP contribution in [0.25, 0.3) is 0 Å². The Kier molecular flexibility index (Phi) is 9.25. The number of aliphatic hydroxyl groups is 1. The molecule has 11 nitrogen and oxygen atoms in total. The highest BCUT2D eigenvalue weighted by atomic mass is 35.5. The number of alkyl halides is 2. The van der Waals surface area contributed by atoms with Crippen molar-refractivity contribution in [2.75, 3.05) is 6.61 Å². The first-order valence-electron chi connectivity index (χ1n) is 11.6. The number of hydrogen-bond donors (Lipinski definition) is 3. The highest BCUT2D eigenvalue weighted by Crippen LogP contribution is 2.51. The van der Waals surface area contributed by atoms with Gasteiger partial charge in [-0.25, -0.2) is 14.3 Å². The molecule has 0 amide bonds. The first-order valence-corrected chi connectivity index (χ1v) is 14.7. The highest BCUT2D eigenvalue weighted by molar-refractivity contribution is 8.09. The predicted octanol–water partition coefficient (Wildman–Crippen LogP) is 2.43. The minimum atomic E-state index is -3.54. The minimum Gasteiger partial charge on any atom is -0.462 e. The van der Waals surface area contributed by atoms with Crippen LogP contribution in [0.3, 0.4) is 0 Å². The van der Waals surface area contributed by atoms with Gasteiger partial charge in [0.15, 0.2) is 5.72 Å². The summed E-state index contributed by atoms with van der Waals surface area (Å²) in [5, 5.41) is 10.5. The lowest BCUT2D eigenvalue weighted by Crippen LogP contribution is -2.53. The number of aromatic amines is 1. The van der Waals surface area contributed by atoms with Gasteiger partial charge >= 0.3 is 18.3 Å². The molecule has 0 radical (unpaired) electrons. The van der Waals surface area contributed by atoms with E-state index in [-0.39, 0.29) is 11.7 Å². The number of rotatable bonds is 10. The second kappa shape index (κ2) is 11.5. The molecule has 1 aliphatic heterocycles. The van der Waals surface area contributed by atoms with Crippen molar-refractivity contribution in [1.29, 1.82) is 0 Å². The van der Waals surface area contributed by atoms with Crippen molar-refractivity contribution >= 4 is 36.0 Å². The molecule has 1 fully saturated rings. The number of nitrogens with one attached hydrogen (secondary N) is 2. The smallest absolute Gasteiger partial charge is 0.330 e. The summed E-state index contributed by atoms with van der Waals surface area (Å²) in [5.41, 5.74) is -3.80. The third-order valence-corrected chi connectivity index (χ3v) is 8.81. The molecule has 0 bridgehead atoms. The van der Waals surface area contributed by atoms with Crippen LogP contribution in [0.5, 0.6) is 5.75 Å². The van der Waals surface area contributed by atoms with Crippen LogP contribution >= 0.6 is 18.2 Å². The molecule has 6 unspecified atom stereocenters. The van der Waals surface area contributed by atoms with Crippen molar-refractivity contribution in [1.82, 2.24) is 14.6 Å². The maximum absolute atomic E-state index is 15.8. The number of hydrogen-bond acceptors (Lipinski definition) is 9. The van der Waals surface area contributed by atoms with E-state index in [2.05, 4.69) is 10.1 Å². The van der Waals surface area contributed by atoms with E-state index in [1.165, 1.54) is 13.8 Å².